The highest BCUT2D eigenvalue weighted by molar-refractivity contribution is 5.91. The van der Waals surface area contributed by atoms with Crippen LogP contribution in [0.1, 0.15) is 40.0 Å². The molecule has 0 saturated heterocycles. The molecule has 5 rings (SSSR count). The molecule has 0 atom stereocenters. The van der Waals surface area contributed by atoms with E-state index >= 15 is 0 Å². The summed E-state index contributed by atoms with van der Waals surface area (Å²) in [6, 6.07) is 20.2. The Balaban J connectivity index is 1.26. The molecule has 3 heterocycles. The Labute approximate surface area is 221 Å². The number of hydrogen-bond donors (Lipinski definition) is 2. The SMILES string of the molecule is CCOc1ccc(CN(CCc2c[nH]c3ccccc23)Cc2nc(C(=O)NCc3ccncc3)co2)cc1. The van der Waals surface area contributed by atoms with Crippen LogP contribution >= 0.6 is 0 Å². The van der Waals surface area contributed by atoms with E-state index in [1.165, 1.54) is 17.2 Å². The Morgan fingerprint density at radius 3 is 2.66 bits per heavy atom. The summed E-state index contributed by atoms with van der Waals surface area (Å²) in [7, 11) is 0. The van der Waals surface area contributed by atoms with E-state index in [0.717, 1.165) is 35.4 Å². The summed E-state index contributed by atoms with van der Waals surface area (Å²) in [4.78, 5) is 26.7. The van der Waals surface area contributed by atoms with Gasteiger partial charge in [-0.05, 0) is 60.4 Å². The van der Waals surface area contributed by atoms with Crippen molar-refractivity contribution < 1.29 is 13.9 Å². The van der Waals surface area contributed by atoms with Crippen LogP contribution in [-0.2, 0) is 26.1 Å². The van der Waals surface area contributed by atoms with Crippen LogP contribution in [0.3, 0.4) is 0 Å². The standard InChI is InChI=1S/C30H31N5O3/c1-2-37-25-9-7-23(8-10-25)19-35(16-13-24-18-32-27-6-4-3-5-26(24)27)20-29-34-28(21-38-29)30(36)33-17-22-11-14-31-15-12-22/h3-12,14-15,18,21,32H,2,13,16-17,19-20H2,1H3,(H,33,36). The number of aromatic nitrogens is 3. The molecule has 1 amide bonds. The normalized spacial score (nSPS) is 11.2. The molecular formula is C30H31N5O3. The number of para-hydroxylation sites is 1. The van der Waals surface area contributed by atoms with E-state index in [9.17, 15) is 4.79 Å². The fourth-order valence-electron chi connectivity index (χ4n) is 4.40. The number of fused-ring (bicyclic) bond motifs is 1. The number of carbonyl (C=O) groups excluding carboxylic acids is 1. The molecular weight excluding hydrogens is 478 g/mol. The van der Waals surface area contributed by atoms with Crippen molar-refractivity contribution in [2.45, 2.75) is 33.0 Å². The van der Waals surface area contributed by atoms with Gasteiger partial charge in [0.05, 0.1) is 13.2 Å². The maximum absolute atomic E-state index is 12.6. The number of nitrogens with zero attached hydrogens (tertiary/aromatic N) is 3. The Kier molecular flexibility index (Phi) is 8.10. The van der Waals surface area contributed by atoms with Gasteiger partial charge in [0.1, 0.15) is 12.0 Å². The first kappa shape index (κ1) is 25.2. The first-order valence-electron chi connectivity index (χ1n) is 12.8. The molecule has 0 aliphatic rings. The maximum Gasteiger partial charge on any atom is 0.273 e. The highest BCUT2D eigenvalue weighted by Crippen LogP contribution is 2.20. The van der Waals surface area contributed by atoms with Gasteiger partial charge in [0.25, 0.3) is 5.91 Å². The lowest BCUT2D eigenvalue weighted by Gasteiger charge is -2.21. The zero-order valence-electron chi connectivity index (χ0n) is 21.4. The van der Waals surface area contributed by atoms with E-state index in [1.54, 1.807) is 12.4 Å². The van der Waals surface area contributed by atoms with Gasteiger partial charge >= 0.3 is 0 Å². The quantitative estimate of drug-likeness (QED) is 0.242. The van der Waals surface area contributed by atoms with E-state index < -0.39 is 0 Å². The lowest BCUT2D eigenvalue weighted by Crippen LogP contribution is -2.26. The number of benzene rings is 2. The second kappa shape index (κ2) is 12.2. The Bertz CT molecular complexity index is 1460. The minimum Gasteiger partial charge on any atom is -0.494 e. The minimum absolute atomic E-state index is 0.270. The van der Waals surface area contributed by atoms with E-state index in [2.05, 4.69) is 61.7 Å². The average molecular weight is 510 g/mol. The van der Waals surface area contributed by atoms with Gasteiger partial charge in [-0.25, -0.2) is 4.98 Å². The number of ether oxygens (including phenoxy) is 1. The van der Waals surface area contributed by atoms with Crippen molar-refractivity contribution in [2.75, 3.05) is 13.2 Å². The van der Waals surface area contributed by atoms with E-state index in [-0.39, 0.29) is 11.6 Å². The Morgan fingerprint density at radius 1 is 1.03 bits per heavy atom. The summed E-state index contributed by atoms with van der Waals surface area (Å²) in [6.07, 6.45) is 7.76. The number of oxazole rings is 1. The van der Waals surface area contributed by atoms with Crippen LogP contribution < -0.4 is 10.1 Å². The molecule has 194 valence electrons. The predicted octanol–water partition coefficient (Wildman–Crippen LogP) is 5.12. The molecule has 8 nitrogen and oxygen atoms in total. The molecule has 3 aromatic heterocycles. The fourth-order valence-corrected chi connectivity index (χ4v) is 4.40. The summed E-state index contributed by atoms with van der Waals surface area (Å²) in [6.45, 7) is 5.00. The number of aromatic amines is 1. The highest BCUT2D eigenvalue weighted by atomic mass is 16.5. The van der Waals surface area contributed by atoms with Crippen LogP contribution in [0, 0.1) is 0 Å². The van der Waals surface area contributed by atoms with Gasteiger partial charge in [-0.3, -0.25) is 14.7 Å². The first-order chi connectivity index (χ1) is 18.7. The molecule has 0 aliphatic heterocycles. The molecule has 8 heteroatoms. The molecule has 0 radical (unpaired) electrons. The number of rotatable bonds is 12. The van der Waals surface area contributed by atoms with Gasteiger partial charge in [-0.15, -0.1) is 0 Å². The summed E-state index contributed by atoms with van der Waals surface area (Å²) in [5.74, 6) is 1.09. The Hall–Kier alpha value is -4.43. The Morgan fingerprint density at radius 2 is 1.84 bits per heavy atom. The van der Waals surface area contributed by atoms with Crippen molar-refractivity contribution in [2.24, 2.45) is 0 Å². The van der Waals surface area contributed by atoms with E-state index in [0.29, 0.717) is 32.1 Å². The zero-order chi connectivity index (χ0) is 26.2. The van der Waals surface area contributed by atoms with Gasteiger partial charge in [-0.2, -0.15) is 0 Å². The van der Waals surface area contributed by atoms with E-state index in [1.807, 2.05) is 37.3 Å². The van der Waals surface area contributed by atoms with Crippen molar-refractivity contribution in [3.05, 3.63) is 114 Å². The molecule has 2 aromatic carbocycles. The summed E-state index contributed by atoms with van der Waals surface area (Å²) < 4.78 is 11.3. The fraction of sp³-hybridized carbons (Fsp3) is 0.233. The molecule has 0 saturated carbocycles. The number of pyridine rings is 1. The third-order valence-electron chi connectivity index (χ3n) is 6.36. The maximum atomic E-state index is 12.6. The van der Waals surface area contributed by atoms with Crippen molar-refractivity contribution in [3.63, 3.8) is 0 Å². The number of amides is 1. The third-order valence-corrected chi connectivity index (χ3v) is 6.36. The zero-order valence-corrected chi connectivity index (χ0v) is 21.4. The number of H-pyrrole nitrogens is 1. The summed E-state index contributed by atoms with van der Waals surface area (Å²) in [5.41, 5.74) is 4.80. The molecule has 0 aliphatic carbocycles. The molecule has 2 N–H and O–H groups in total. The van der Waals surface area contributed by atoms with Gasteiger partial charge in [0, 0.05) is 49.1 Å². The lowest BCUT2D eigenvalue weighted by molar-refractivity contribution is 0.0945. The molecule has 5 aromatic rings. The second-order valence-electron chi connectivity index (χ2n) is 9.06. The van der Waals surface area contributed by atoms with Gasteiger partial charge in [0.15, 0.2) is 5.69 Å². The predicted molar refractivity (Wildman–Crippen MR) is 146 cm³/mol. The van der Waals surface area contributed by atoms with Crippen molar-refractivity contribution in [1.29, 1.82) is 0 Å². The van der Waals surface area contributed by atoms with Crippen LogP contribution in [0.2, 0.25) is 0 Å². The summed E-state index contributed by atoms with van der Waals surface area (Å²) >= 11 is 0. The van der Waals surface area contributed by atoms with Crippen LogP contribution in [0.25, 0.3) is 10.9 Å². The number of carbonyl (C=O) groups is 1. The smallest absolute Gasteiger partial charge is 0.273 e. The second-order valence-corrected chi connectivity index (χ2v) is 9.06. The highest BCUT2D eigenvalue weighted by Gasteiger charge is 2.16. The number of nitrogens with one attached hydrogen (secondary N) is 2. The minimum atomic E-state index is -0.270. The monoisotopic (exact) mass is 509 g/mol. The summed E-state index contributed by atoms with van der Waals surface area (Å²) in [5, 5.41) is 4.11. The van der Waals surface area contributed by atoms with Gasteiger partial charge < -0.3 is 19.5 Å². The van der Waals surface area contributed by atoms with Crippen LogP contribution in [-0.4, -0.2) is 38.9 Å². The van der Waals surface area contributed by atoms with Crippen molar-refractivity contribution in [1.82, 2.24) is 25.2 Å². The third kappa shape index (κ3) is 6.46. The topological polar surface area (TPSA) is 96.3 Å². The van der Waals surface area contributed by atoms with Crippen LogP contribution in [0.4, 0.5) is 0 Å². The van der Waals surface area contributed by atoms with E-state index in [4.69, 9.17) is 9.15 Å². The lowest BCUT2D eigenvalue weighted by atomic mass is 10.1. The largest absolute Gasteiger partial charge is 0.494 e. The molecule has 0 fully saturated rings. The first-order valence-corrected chi connectivity index (χ1v) is 12.8. The molecule has 0 spiro atoms. The van der Waals surface area contributed by atoms with Crippen molar-refractivity contribution in [3.8, 4) is 5.75 Å². The average Bonchev–Trinajstić information content (AvgIpc) is 3.59. The van der Waals surface area contributed by atoms with Gasteiger partial charge in [0.2, 0.25) is 5.89 Å². The van der Waals surface area contributed by atoms with Crippen molar-refractivity contribution >= 4 is 16.8 Å². The van der Waals surface area contributed by atoms with Crippen LogP contribution in [0.15, 0.2) is 89.9 Å². The van der Waals surface area contributed by atoms with Crippen LogP contribution in [0.5, 0.6) is 5.75 Å². The number of hydrogen-bond acceptors (Lipinski definition) is 6. The van der Waals surface area contributed by atoms with Gasteiger partial charge in [-0.1, -0.05) is 30.3 Å². The molecule has 0 bridgehead atoms. The molecule has 38 heavy (non-hydrogen) atoms. The molecule has 0 unspecified atom stereocenters.